The zero-order valence-electron chi connectivity index (χ0n) is 15.5. The fraction of sp³-hybridized carbons (Fsp3) is 0.273. The summed E-state index contributed by atoms with van der Waals surface area (Å²) >= 11 is 0. The highest BCUT2D eigenvalue weighted by atomic mass is 16.7. The molecule has 0 unspecified atom stereocenters. The van der Waals surface area contributed by atoms with Gasteiger partial charge in [-0.15, -0.1) is 6.42 Å². The third-order valence-corrected chi connectivity index (χ3v) is 4.29. The number of aliphatic hydroxyl groups excluding tert-OH is 1. The van der Waals surface area contributed by atoms with Gasteiger partial charge in [-0.1, -0.05) is 42.3 Å². The Kier molecular flexibility index (Phi) is 6.98. The summed E-state index contributed by atoms with van der Waals surface area (Å²) in [5.41, 5.74) is 0.688. The molecule has 3 rings (SSSR count). The van der Waals surface area contributed by atoms with Gasteiger partial charge in [0.25, 0.3) is 0 Å². The molecule has 0 bridgehead atoms. The van der Waals surface area contributed by atoms with Crippen LogP contribution in [0.25, 0.3) is 0 Å². The number of esters is 2. The van der Waals surface area contributed by atoms with E-state index in [0.717, 1.165) is 0 Å². The molecular formula is C22H20O7. The van der Waals surface area contributed by atoms with E-state index >= 15 is 0 Å². The van der Waals surface area contributed by atoms with Crippen molar-refractivity contribution in [2.24, 2.45) is 0 Å². The van der Waals surface area contributed by atoms with Crippen LogP contribution in [-0.4, -0.2) is 54.9 Å². The van der Waals surface area contributed by atoms with E-state index in [4.69, 9.17) is 25.4 Å². The molecule has 1 fully saturated rings. The van der Waals surface area contributed by atoms with E-state index in [2.05, 4.69) is 5.92 Å². The Morgan fingerprint density at radius 3 is 2.14 bits per heavy atom. The van der Waals surface area contributed by atoms with Gasteiger partial charge >= 0.3 is 11.9 Å². The molecule has 150 valence electrons. The van der Waals surface area contributed by atoms with Gasteiger partial charge in [0.1, 0.15) is 25.4 Å². The molecule has 2 aromatic carbocycles. The predicted octanol–water partition coefficient (Wildman–Crippen LogP) is 1.80. The second kappa shape index (κ2) is 9.85. The van der Waals surface area contributed by atoms with Crippen LogP contribution < -0.4 is 0 Å². The van der Waals surface area contributed by atoms with Crippen LogP contribution in [-0.2, 0) is 18.9 Å². The molecule has 0 aromatic heterocycles. The number of ether oxygens (including phenoxy) is 4. The van der Waals surface area contributed by atoms with Gasteiger partial charge in [0.05, 0.1) is 11.1 Å². The zero-order valence-corrected chi connectivity index (χ0v) is 15.5. The van der Waals surface area contributed by atoms with Gasteiger partial charge in [-0.05, 0) is 24.3 Å². The average molecular weight is 396 g/mol. The average Bonchev–Trinajstić information content (AvgIpc) is 3.05. The van der Waals surface area contributed by atoms with Crippen molar-refractivity contribution in [3.63, 3.8) is 0 Å². The lowest BCUT2D eigenvalue weighted by Crippen LogP contribution is -2.40. The Morgan fingerprint density at radius 2 is 1.55 bits per heavy atom. The Morgan fingerprint density at radius 1 is 0.966 bits per heavy atom. The highest BCUT2D eigenvalue weighted by Gasteiger charge is 2.48. The maximum Gasteiger partial charge on any atom is 0.338 e. The minimum atomic E-state index is -1.45. The van der Waals surface area contributed by atoms with Crippen LogP contribution >= 0.6 is 0 Å². The number of hydrogen-bond donors (Lipinski definition) is 1. The second-order valence-corrected chi connectivity index (χ2v) is 6.25. The van der Waals surface area contributed by atoms with Gasteiger partial charge in [-0.3, -0.25) is 0 Å². The van der Waals surface area contributed by atoms with Gasteiger partial charge in [-0.2, -0.15) is 0 Å². The Balaban J connectivity index is 1.66. The summed E-state index contributed by atoms with van der Waals surface area (Å²) in [6.45, 7) is -0.303. The Bertz CT molecular complexity index is 860. The summed E-state index contributed by atoms with van der Waals surface area (Å²) in [6, 6.07) is 16.7. The van der Waals surface area contributed by atoms with Crippen LogP contribution in [0.1, 0.15) is 20.7 Å². The summed E-state index contributed by atoms with van der Waals surface area (Å²) in [5, 5.41) is 10.2. The lowest BCUT2D eigenvalue weighted by atomic mass is 10.1. The first-order valence-corrected chi connectivity index (χ1v) is 8.97. The lowest BCUT2D eigenvalue weighted by molar-refractivity contribution is -0.135. The van der Waals surface area contributed by atoms with Crippen LogP contribution in [0, 0.1) is 12.3 Å². The molecule has 0 aliphatic carbocycles. The minimum Gasteiger partial charge on any atom is -0.459 e. The largest absolute Gasteiger partial charge is 0.459 e. The van der Waals surface area contributed by atoms with E-state index in [1.54, 1.807) is 60.7 Å². The summed E-state index contributed by atoms with van der Waals surface area (Å²) in [6.07, 6.45) is 0.903. The van der Waals surface area contributed by atoms with Crippen molar-refractivity contribution in [3.8, 4) is 12.3 Å². The van der Waals surface area contributed by atoms with Crippen molar-refractivity contribution in [3.05, 3.63) is 71.8 Å². The van der Waals surface area contributed by atoms with Crippen LogP contribution in [0.15, 0.2) is 60.7 Å². The van der Waals surface area contributed by atoms with Crippen molar-refractivity contribution in [1.29, 1.82) is 0 Å². The Hall–Kier alpha value is -3.18. The molecule has 1 saturated heterocycles. The van der Waals surface area contributed by atoms with Gasteiger partial charge in [0, 0.05) is 0 Å². The van der Waals surface area contributed by atoms with Crippen LogP contribution in [0.5, 0.6) is 0 Å². The van der Waals surface area contributed by atoms with E-state index < -0.39 is 36.5 Å². The van der Waals surface area contributed by atoms with Gasteiger partial charge in [0.2, 0.25) is 0 Å². The van der Waals surface area contributed by atoms with Gasteiger partial charge in [-0.25, -0.2) is 9.59 Å². The van der Waals surface area contributed by atoms with E-state index in [9.17, 15) is 14.7 Å². The van der Waals surface area contributed by atoms with Crippen molar-refractivity contribution >= 4 is 11.9 Å². The predicted molar refractivity (Wildman–Crippen MR) is 102 cm³/mol. The molecule has 0 radical (unpaired) electrons. The normalized spacial score (nSPS) is 23.2. The molecule has 1 aliphatic heterocycles. The molecule has 1 heterocycles. The molecule has 7 nitrogen and oxygen atoms in total. The minimum absolute atomic E-state index is 0.0940. The summed E-state index contributed by atoms with van der Waals surface area (Å²) in [7, 11) is 0. The molecule has 4 atom stereocenters. The second-order valence-electron chi connectivity index (χ2n) is 6.25. The molecule has 0 spiro atoms. The van der Waals surface area contributed by atoms with Crippen LogP contribution in [0.2, 0.25) is 0 Å². The molecule has 1 aliphatic rings. The monoisotopic (exact) mass is 396 g/mol. The van der Waals surface area contributed by atoms with Crippen molar-refractivity contribution in [1.82, 2.24) is 0 Å². The zero-order chi connectivity index (χ0) is 20.6. The standard InChI is InChI=1S/C22H20O7/c1-2-13-26-18-17(14-27-20(23)15-9-5-3-6-10-15)28-22(25)19(18)29-21(24)16-11-7-4-8-12-16/h1,3-12,17-19,22,25H,13-14H2/t17-,18-,19-,22-/m1/s1. The third-order valence-electron chi connectivity index (χ3n) is 4.29. The lowest BCUT2D eigenvalue weighted by Gasteiger charge is -2.22. The topological polar surface area (TPSA) is 91.3 Å². The number of carbonyl (C=O) groups excluding carboxylic acids is 2. The summed E-state index contributed by atoms with van der Waals surface area (Å²) < 4.78 is 21.6. The van der Waals surface area contributed by atoms with Crippen molar-refractivity contribution in [2.75, 3.05) is 13.2 Å². The maximum atomic E-state index is 12.4. The molecule has 2 aromatic rings. The summed E-state index contributed by atoms with van der Waals surface area (Å²) in [4.78, 5) is 24.5. The smallest absolute Gasteiger partial charge is 0.338 e. The SMILES string of the molecule is C#CCO[C@H]1[C@@H](OC(=O)c2ccccc2)[C@H](O)O[C@@H]1COC(=O)c1ccccc1. The fourth-order valence-corrected chi connectivity index (χ4v) is 2.89. The maximum absolute atomic E-state index is 12.4. The number of benzene rings is 2. The number of carbonyl (C=O) groups is 2. The van der Waals surface area contributed by atoms with E-state index in [0.29, 0.717) is 11.1 Å². The van der Waals surface area contributed by atoms with Crippen LogP contribution in [0.4, 0.5) is 0 Å². The van der Waals surface area contributed by atoms with E-state index in [1.807, 2.05) is 0 Å². The molecule has 1 N–H and O–H groups in total. The fourth-order valence-electron chi connectivity index (χ4n) is 2.89. The van der Waals surface area contributed by atoms with Crippen molar-refractivity contribution < 1.29 is 33.6 Å². The van der Waals surface area contributed by atoms with Crippen molar-refractivity contribution in [2.45, 2.75) is 24.6 Å². The number of rotatable bonds is 7. The first-order chi connectivity index (χ1) is 14.1. The quantitative estimate of drug-likeness (QED) is 0.564. The van der Waals surface area contributed by atoms with E-state index in [-0.39, 0.29) is 13.2 Å². The highest BCUT2D eigenvalue weighted by Crippen LogP contribution is 2.27. The molecule has 0 amide bonds. The number of terminal acetylenes is 1. The Labute approximate surface area is 168 Å². The first-order valence-electron chi connectivity index (χ1n) is 8.97. The van der Waals surface area contributed by atoms with Gasteiger partial charge in [0.15, 0.2) is 12.4 Å². The third kappa shape index (κ3) is 5.21. The molecular weight excluding hydrogens is 376 g/mol. The highest BCUT2D eigenvalue weighted by molar-refractivity contribution is 5.89. The first kappa shape index (κ1) is 20.6. The molecule has 29 heavy (non-hydrogen) atoms. The number of aliphatic hydroxyl groups is 1. The van der Waals surface area contributed by atoms with Gasteiger partial charge < -0.3 is 24.1 Å². The molecule has 0 saturated carbocycles. The molecule has 7 heteroatoms. The number of hydrogen-bond acceptors (Lipinski definition) is 7. The van der Waals surface area contributed by atoms with Crippen LogP contribution in [0.3, 0.4) is 0 Å². The summed E-state index contributed by atoms with van der Waals surface area (Å²) in [5.74, 6) is 1.12. The van der Waals surface area contributed by atoms with E-state index in [1.165, 1.54) is 0 Å².